The molecule has 0 heterocycles. The highest BCUT2D eigenvalue weighted by molar-refractivity contribution is 9.10. The zero-order valence-corrected chi connectivity index (χ0v) is 14.2. The van der Waals surface area contributed by atoms with Gasteiger partial charge >= 0.3 is 0 Å². The van der Waals surface area contributed by atoms with Crippen LogP contribution in [-0.2, 0) is 10.0 Å². The lowest BCUT2D eigenvalue weighted by atomic mass is 10.1. The normalized spacial score (nSPS) is 11.1. The molecule has 0 atom stereocenters. The molecule has 0 aliphatic heterocycles. The van der Waals surface area contributed by atoms with Crippen LogP contribution in [0.4, 0.5) is 5.69 Å². The highest BCUT2D eigenvalue weighted by atomic mass is 79.9. The second-order valence-electron chi connectivity index (χ2n) is 4.88. The van der Waals surface area contributed by atoms with E-state index in [1.54, 1.807) is 54.6 Å². The summed E-state index contributed by atoms with van der Waals surface area (Å²) in [5, 5.41) is 10.4. The first-order valence-electron chi connectivity index (χ1n) is 6.71. The first kappa shape index (κ1) is 15.5. The van der Waals surface area contributed by atoms with Gasteiger partial charge < -0.3 is 0 Å². The van der Waals surface area contributed by atoms with E-state index in [1.165, 1.54) is 6.07 Å². The van der Waals surface area contributed by atoms with Crippen molar-refractivity contribution in [2.24, 2.45) is 0 Å². The van der Waals surface area contributed by atoms with Gasteiger partial charge in [-0.25, -0.2) is 8.42 Å². The summed E-state index contributed by atoms with van der Waals surface area (Å²) in [6, 6.07) is 19.0. The Morgan fingerprint density at radius 1 is 0.957 bits per heavy atom. The molecule has 0 fully saturated rings. The smallest absolute Gasteiger partial charge is 0.262 e. The predicted molar refractivity (Wildman–Crippen MR) is 93.6 cm³/mol. The van der Waals surface area contributed by atoms with Gasteiger partial charge in [-0.15, -0.1) is 0 Å². The lowest BCUT2D eigenvalue weighted by Gasteiger charge is -2.11. The molecule has 0 saturated carbocycles. The molecule has 4 nitrogen and oxygen atoms in total. The minimum absolute atomic E-state index is 0.0927. The fraction of sp³-hybridized carbons (Fsp3) is 0. The monoisotopic (exact) mass is 386 g/mol. The summed E-state index contributed by atoms with van der Waals surface area (Å²) in [4.78, 5) is 0.0927. The topological polar surface area (TPSA) is 70.0 Å². The molecule has 0 unspecified atom stereocenters. The number of benzene rings is 3. The van der Waals surface area contributed by atoms with Crippen LogP contribution in [0, 0.1) is 11.3 Å². The van der Waals surface area contributed by atoms with Gasteiger partial charge in [-0.3, -0.25) is 4.72 Å². The van der Waals surface area contributed by atoms with Crippen molar-refractivity contribution in [1.82, 2.24) is 0 Å². The number of hydrogen-bond acceptors (Lipinski definition) is 3. The molecule has 0 bridgehead atoms. The van der Waals surface area contributed by atoms with E-state index in [0.717, 1.165) is 4.47 Å². The second-order valence-corrected chi connectivity index (χ2v) is 7.45. The van der Waals surface area contributed by atoms with Crippen molar-refractivity contribution in [2.45, 2.75) is 4.90 Å². The molecule has 0 aliphatic carbocycles. The van der Waals surface area contributed by atoms with Crippen molar-refractivity contribution in [2.75, 3.05) is 4.72 Å². The Kier molecular flexibility index (Phi) is 4.07. The maximum absolute atomic E-state index is 12.7. The van der Waals surface area contributed by atoms with Crippen molar-refractivity contribution in [3.63, 3.8) is 0 Å². The highest BCUT2D eigenvalue weighted by Gasteiger charge is 2.19. The lowest BCUT2D eigenvalue weighted by Crippen LogP contribution is -2.13. The molecule has 0 spiro atoms. The number of nitrogens with zero attached hydrogens (tertiary/aromatic N) is 1. The van der Waals surface area contributed by atoms with E-state index in [0.29, 0.717) is 22.0 Å². The number of halogens is 1. The predicted octanol–water partition coefficient (Wildman–Crippen LogP) is 4.27. The maximum Gasteiger partial charge on any atom is 0.262 e. The van der Waals surface area contributed by atoms with Crippen molar-refractivity contribution in [1.29, 1.82) is 5.26 Å². The van der Waals surface area contributed by atoms with E-state index in [2.05, 4.69) is 26.7 Å². The summed E-state index contributed by atoms with van der Waals surface area (Å²) in [5.41, 5.74) is 0.791. The van der Waals surface area contributed by atoms with Gasteiger partial charge in [0.05, 0.1) is 16.5 Å². The minimum Gasteiger partial charge on any atom is -0.280 e. The number of nitrogens with one attached hydrogen (secondary N) is 1. The summed E-state index contributed by atoms with van der Waals surface area (Å²) in [6.07, 6.45) is 0. The Hall–Kier alpha value is -2.36. The number of anilines is 1. The zero-order chi connectivity index (χ0) is 16.4. The van der Waals surface area contributed by atoms with Gasteiger partial charge in [0, 0.05) is 15.5 Å². The largest absolute Gasteiger partial charge is 0.280 e. The summed E-state index contributed by atoms with van der Waals surface area (Å²) in [6.45, 7) is 0. The molecule has 23 heavy (non-hydrogen) atoms. The van der Waals surface area contributed by atoms with Gasteiger partial charge in [0.1, 0.15) is 0 Å². The second kappa shape index (κ2) is 6.03. The van der Waals surface area contributed by atoms with Crippen molar-refractivity contribution in [3.05, 3.63) is 70.7 Å². The van der Waals surface area contributed by atoms with Gasteiger partial charge in [-0.2, -0.15) is 5.26 Å². The quantitative estimate of drug-likeness (QED) is 0.730. The molecule has 6 heteroatoms. The van der Waals surface area contributed by atoms with Crippen LogP contribution in [0.15, 0.2) is 70.0 Å². The number of hydrogen-bond donors (Lipinski definition) is 1. The van der Waals surface area contributed by atoms with Gasteiger partial charge in [-0.1, -0.05) is 40.2 Å². The maximum atomic E-state index is 12.7. The molecule has 0 amide bonds. The third kappa shape index (κ3) is 3.07. The molecule has 0 radical (unpaired) electrons. The summed E-state index contributed by atoms with van der Waals surface area (Å²) in [5.74, 6) is 0. The molecule has 1 N–H and O–H groups in total. The van der Waals surface area contributed by atoms with Crippen LogP contribution in [-0.4, -0.2) is 8.42 Å². The molecule has 3 aromatic carbocycles. The number of sulfonamides is 1. The SMILES string of the molecule is N#Cc1cccc2cccc(S(=O)(=O)Nc3ccc(Br)cc3)c12. The molecule has 0 aromatic heterocycles. The molecule has 3 aromatic rings. The van der Waals surface area contributed by atoms with Crippen LogP contribution >= 0.6 is 15.9 Å². The molecular formula is C17H11BrN2O2S. The van der Waals surface area contributed by atoms with E-state index in [-0.39, 0.29) is 4.90 Å². The summed E-state index contributed by atoms with van der Waals surface area (Å²) in [7, 11) is -3.80. The molecule has 0 aliphatic rings. The van der Waals surface area contributed by atoms with E-state index in [4.69, 9.17) is 0 Å². The number of nitriles is 1. The minimum atomic E-state index is -3.80. The third-order valence-corrected chi connectivity index (χ3v) is 5.33. The average Bonchev–Trinajstić information content (AvgIpc) is 2.55. The van der Waals surface area contributed by atoms with E-state index in [1.807, 2.05) is 0 Å². The van der Waals surface area contributed by atoms with Crippen LogP contribution in [0.2, 0.25) is 0 Å². The van der Waals surface area contributed by atoms with Gasteiger partial charge in [0.15, 0.2) is 0 Å². The molecule has 3 rings (SSSR count). The Morgan fingerprint density at radius 2 is 1.61 bits per heavy atom. The Morgan fingerprint density at radius 3 is 2.26 bits per heavy atom. The Bertz CT molecular complexity index is 1020. The third-order valence-electron chi connectivity index (χ3n) is 3.37. The van der Waals surface area contributed by atoms with E-state index < -0.39 is 10.0 Å². The highest BCUT2D eigenvalue weighted by Crippen LogP contribution is 2.28. The summed E-state index contributed by atoms with van der Waals surface area (Å²) >= 11 is 3.31. The molecule has 114 valence electrons. The number of rotatable bonds is 3. The van der Waals surface area contributed by atoms with Crippen LogP contribution in [0.25, 0.3) is 10.8 Å². The van der Waals surface area contributed by atoms with Crippen molar-refractivity contribution >= 4 is 42.4 Å². The fourth-order valence-corrected chi connectivity index (χ4v) is 3.93. The first-order chi connectivity index (χ1) is 11.0. The summed E-state index contributed by atoms with van der Waals surface area (Å²) < 4.78 is 28.9. The van der Waals surface area contributed by atoms with E-state index in [9.17, 15) is 13.7 Å². The molecular weight excluding hydrogens is 376 g/mol. The van der Waals surface area contributed by atoms with Crippen molar-refractivity contribution < 1.29 is 8.42 Å². The molecule has 0 saturated heterocycles. The first-order valence-corrected chi connectivity index (χ1v) is 8.99. The standard InChI is InChI=1S/C17H11BrN2O2S/c18-14-7-9-15(10-8-14)20-23(21,22)16-6-2-4-12-3-1-5-13(11-19)17(12)16/h1-10,20H. The van der Waals surface area contributed by atoms with Crippen LogP contribution in [0.5, 0.6) is 0 Å². The van der Waals surface area contributed by atoms with Gasteiger partial charge in [0.2, 0.25) is 0 Å². The Labute approximate surface area is 142 Å². The average molecular weight is 387 g/mol. The zero-order valence-electron chi connectivity index (χ0n) is 11.8. The van der Waals surface area contributed by atoms with Crippen molar-refractivity contribution in [3.8, 4) is 6.07 Å². The number of fused-ring (bicyclic) bond motifs is 1. The van der Waals surface area contributed by atoms with E-state index >= 15 is 0 Å². The lowest BCUT2D eigenvalue weighted by molar-refractivity contribution is 0.602. The van der Waals surface area contributed by atoms with Crippen LogP contribution in [0.3, 0.4) is 0 Å². The fourth-order valence-electron chi connectivity index (χ4n) is 2.35. The van der Waals surface area contributed by atoms with Crippen LogP contribution < -0.4 is 4.72 Å². The van der Waals surface area contributed by atoms with Gasteiger partial charge in [0.25, 0.3) is 10.0 Å². The van der Waals surface area contributed by atoms with Gasteiger partial charge in [-0.05, 0) is 41.8 Å². The van der Waals surface area contributed by atoms with Crippen LogP contribution in [0.1, 0.15) is 5.56 Å². The Balaban J connectivity index is 2.15.